The van der Waals surface area contributed by atoms with Crippen LogP contribution in [0.15, 0.2) is 59.6 Å². The summed E-state index contributed by atoms with van der Waals surface area (Å²) in [5.41, 5.74) is 2.64. The van der Waals surface area contributed by atoms with Crippen molar-refractivity contribution < 1.29 is 4.92 Å². The second kappa shape index (κ2) is 7.99. The number of non-ortho nitro benzene ring substituents is 1. The smallest absolute Gasteiger partial charge is 0.269 e. The maximum absolute atomic E-state index is 10.7. The summed E-state index contributed by atoms with van der Waals surface area (Å²) in [4.78, 5) is 14.6. The first-order valence-corrected chi connectivity index (χ1v) is 8.86. The molecule has 0 unspecified atom stereocenters. The molecule has 2 aromatic rings. The second-order valence-corrected chi connectivity index (χ2v) is 6.70. The first-order valence-electron chi connectivity index (χ1n) is 8.86. The van der Waals surface area contributed by atoms with Crippen molar-refractivity contribution in [3.8, 4) is 0 Å². The number of nitrogens with one attached hydrogen (secondary N) is 2. The monoisotopic (exact) mass is 352 g/mol. The van der Waals surface area contributed by atoms with Crippen molar-refractivity contribution >= 4 is 11.6 Å². The Labute approximate surface area is 153 Å². The molecule has 26 heavy (non-hydrogen) atoms. The van der Waals surface area contributed by atoms with E-state index in [2.05, 4.69) is 39.9 Å². The minimum absolute atomic E-state index is 0.103. The van der Waals surface area contributed by atoms with Crippen LogP contribution in [-0.2, 0) is 12.0 Å². The van der Waals surface area contributed by atoms with E-state index >= 15 is 0 Å². The highest BCUT2D eigenvalue weighted by Gasteiger charge is 2.38. The minimum Gasteiger partial charge on any atom is -0.356 e. The summed E-state index contributed by atoms with van der Waals surface area (Å²) in [5, 5.41) is 17.4. The zero-order chi connectivity index (χ0) is 18.4. The van der Waals surface area contributed by atoms with Gasteiger partial charge in [-0.1, -0.05) is 48.9 Å². The number of guanidine groups is 1. The van der Waals surface area contributed by atoms with E-state index < -0.39 is 0 Å². The zero-order valence-electron chi connectivity index (χ0n) is 14.9. The van der Waals surface area contributed by atoms with Crippen LogP contribution in [0, 0.1) is 10.1 Å². The van der Waals surface area contributed by atoms with Crippen LogP contribution in [0.1, 0.15) is 30.4 Å². The van der Waals surface area contributed by atoms with E-state index in [1.807, 2.05) is 6.07 Å². The van der Waals surface area contributed by atoms with E-state index in [0.717, 1.165) is 18.1 Å². The van der Waals surface area contributed by atoms with Gasteiger partial charge in [0.05, 0.1) is 4.92 Å². The lowest BCUT2D eigenvalue weighted by Crippen LogP contribution is -2.48. The largest absolute Gasteiger partial charge is 0.356 e. The van der Waals surface area contributed by atoms with Gasteiger partial charge in [0.2, 0.25) is 0 Å². The molecule has 0 bridgehead atoms. The summed E-state index contributed by atoms with van der Waals surface area (Å²) in [6.45, 7) is 1.41. The quantitative estimate of drug-likeness (QED) is 0.361. The van der Waals surface area contributed by atoms with Crippen molar-refractivity contribution in [1.82, 2.24) is 10.6 Å². The SMILES string of the molecule is CN=C(NCc1ccc([N+](=O)[O-])cc1)NCC1(c2ccccc2)CCC1. The van der Waals surface area contributed by atoms with Crippen molar-refractivity contribution in [1.29, 1.82) is 0 Å². The predicted octanol–water partition coefficient (Wildman–Crippen LogP) is 3.38. The Morgan fingerprint density at radius 1 is 1.12 bits per heavy atom. The Morgan fingerprint density at radius 2 is 1.81 bits per heavy atom. The number of benzene rings is 2. The summed E-state index contributed by atoms with van der Waals surface area (Å²) < 4.78 is 0. The Morgan fingerprint density at radius 3 is 2.35 bits per heavy atom. The van der Waals surface area contributed by atoms with Gasteiger partial charge in [-0.05, 0) is 24.0 Å². The van der Waals surface area contributed by atoms with Crippen LogP contribution < -0.4 is 10.6 Å². The third kappa shape index (κ3) is 4.02. The second-order valence-electron chi connectivity index (χ2n) is 6.70. The summed E-state index contributed by atoms with van der Waals surface area (Å²) in [7, 11) is 1.75. The van der Waals surface area contributed by atoms with E-state index in [0.29, 0.717) is 6.54 Å². The molecular weight excluding hydrogens is 328 g/mol. The Balaban J connectivity index is 1.56. The lowest BCUT2D eigenvalue weighted by molar-refractivity contribution is -0.384. The maximum atomic E-state index is 10.7. The average Bonchev–Trinajstić information content (AvgIpc) is 2.64. The van der Waals surface area contributed by atoms with E-state index in [4.69, 9.17) is 0 Å². The lowest BCUT2D eigenvalue weighted by Gasteiger charge is -2.43. The van der Waals surface area contributed by atoms with Crippen LogP contribution in [0.3, 0.4) is 0 Å². The molecule has 0 amide bonds. The number of rotatable bonds is 6. The Kier molecular flexibility index (Phi) is 5.51. The number of aliphatic imine (C=N–C) groups is 1. The van der Waals surface area contributed by atoms with Crippen LogP contribution in [0.4, 0.5) is 5.69 Å². The van der Waals surface area contributed by atoms with Gasteiger partial charge in [0.25, 0.3) is 5.69 Å². The number of nitro groups is 1. The molecule has 6 heteroatoms. The molecule has 0 saturated heterocycles. The Bertz CT molecular complexity index is 768. The van der Waals surface area contributed by atoms with Gasteiger partial charge in [0.1, 0.15) is 0 Å². The molecule has 2 N–H and O–H groups in total. The maximum Gasteiger partial charge on any atom is 0.269 e. The zero-order valence-corrected chi connectivity index (χ0v) is 14.9. The van der Waals surface area contributed by atoms with Crippen LogP contribution in [-0.4, -0.2) is 24.5 Å². The van der Waals surface area contributed by atoms with Gasteiger partial charge >= 0.3 is 0 Å². The van der Waals surface area contributed by atoms with Gasteiger partial charge in [0.15, 0.2) is 5.96 Å². The summed E-state index contributed by atoms with van der Waals surface area (Å²) in [5.74, 6) is 0.741. The number of nitrogens with zero attached hydrogens (tertiary/aromatic N) is 2. The fourth-order valence-corrected chi connectivity index (χ4v) is 3.36. The molecule has 136 valence electrons. The number of hydrogen-bond acceptors (Lipinski definition) is 3. The number of nitro benzene ring substituents is 1. The molecular formula is C20H24N4O2. The molecule has 2 aromatic carbocycles. The van der Waals surface area contributed by atoms with Crippen LogP contribution in [0.2, 0.25) is 0 Å². The van der Waals surface area contributed by atoms with Crippen molar-refractivity contribution in [3.05, 3.63) is 75.8 Å². The Hall–Kier alpha value is -2.89. The molecule has 0 aliphatic heterocycles. The third-order valence-electron chi connectivity index (χ3n) is 5.12. The highest BCUT2D eigenvalue weighted by molar-refractivity contribution is 5.79. The first kappa shape index (κ1) is 17.9. The van der Waals surface area contributed by atoms with Crippen LogP contribution >= 0.6 is 0 Å². The standard InChI is InChI=1S/C20H24N4O2/c1-21-19(22-14-16-8-10-18(11-9-16)24(25)26)23-15-20(12-5-13-20)17-6-3-2-4-7-17/h2-4,6-11H,5,12-15H2,1H3,(H2,21,22,23). The van der Waals surface area contributed by atoms with Crippen LogP contribution in [0.25, 0.3) is 0 Å². The molecule has 6 nitrogen and oxygen atoms in total. The first-order chi connectivity index (χ1) is 12.6. The average molecular weight is 352 g/mol. The molecule has 1 fully saturated rings. The summed E-state index contributed by atoms with van der Waals surface area (Å²) >= 11 is 0. The number of hydrogen-bond donors (Lipinski definition) is 2. The normalized spacial score (nSPS) is 15.8. The molecule has 0 atom stereocenters. The highest BCUT2D eigenvalue weighted by Crippen LogP contribution is 2.43. The van der Waals surface area contributed by atoms with E-state index in [9.17, 15) is 10.1 Å². The minimum atomic E-state index is -0.390. The third-order valence-corrected chi connectivity index (χ3v) is 5.12. The molecule has 0 spiro atoms. The van der Waals surface area contributed by atoms with Crippen molar-refractivity contribution in [2.75, 3.05) is 13.6 Å². The van der Waals surface area contributed by atoms with Gasteiger partial charge < -0.3 is 10.6 Å². The molecule has 0 heterocycles. The summed E-state index contributed by atoms with van der Waals surface area (Å²) in [6, 6.07) is 17.2. The molecule has 0 radical (unpaired) electrons. The molecule has 1 aliphatic rings. The van der Waals surface area contributed by atoms with Gasteiger partial charge in [-0.15, -0.1) is 0 Å². The van der Waals surface area contributed by atoms with Gasteiger partial charge in [-0.25, -0.2) is 0 Å². The van der Waals surface area contributed by atoms with E-state index in [1.54, 1.807) is 19.2 Å². The predicted molar refractivity (Wildman–Crippen MR) is 103 cm³/mol. The van der Waals surface area contributed by atoms with Gasteiger partial charge in [0, 0.05) is 37.7 Å². The van der Waals surface area contributed by atoms with E-state index in [1.165, 1.54) is 37.0 Å². The highest BCUT2D eigenvalue weighted by atomic mass is 16.6. The summed E-state index contributed by atoms with van der Waals surface area (Å²) in [6.07, 6.45) is 3.62. The lowest BCUT2D eigenvalue weighted by atomic mass is 9.64. The van der Waals surface area contributed by atoms with Gasteiger partial charge in [-0.2, -0.15) is 0 Å². The molecule has 1 aliphatic carbocycles. The topological polar surface area (TPSA) is 79.6 Å². The van der Waals surface area contributed by atoms with Crippen LogP contribution in [0.5, 0.6) is 0 Å². The van der Waals surface area contributed by atoms with Crippen molar-refractivity contribution in [3.63, 3.8) is 0 Å². The fourth-order valence-electron chi connectivity index (χ4n) is 3.36. The molecule has 3 rings (SSSR count). The molecule has 1 saturated carbocycles. The van der Waals surface area contributed by atoms with Crippen molar-refractivity contribution in [2.24, 2.45) is 4.99 Å². The van der Waals surface area contributed by atoms with Crippen molar-refractivity contribution in [2.45, 2.75) is 31.2 Å². The van der Waals surface area contributed by atoms with E-state index in [-0.39, 0.29) is 16.0 Å². The van der Waals surface area contributed by atoms with Gasteiger partial charge in [-0.3, -0.25) is 15.1 Å². The fraction of sp³-hybridized carbons (Fsp3) is 0.350. The molecule has 0 aromatic heterocycles.